The number of nitrogens with two attached hydrogens (primary N) is 1. The fraction of sp³-hybridized carbons (Fsp3) is 0.400. The summed E-state index contributed by atoms with van der Waals surface area (Å²) in [6.45, 7) is 0.0917. The number of halogens is 3. The molecule has 0 aliphatic heterocycles. The zero-order valence-corrected chi connectivity index (χ0v) is 10.4. The minimum absolute atomic E-state index is 0.000117. The van der Waals surface area contributed by atoms with Gasteiger partial charge < -0.3 is 5.73 Å². The third-order valence-corrected chi connectivity index (χ3v) is 2.96. The Bertz CT molecular complexity index is 526. The Hall–Kier alpha value is -1.28. The van der Waals surface area contributed by atoms with Crippen molar-refractivity contribution in [2.45, 2.75) is 12.6 Å². The van der Waals surface area contributed by atoms with Gasteiger partial charge in [0.2, 0.25) is 10.0 Å². The molecule has 1 aromatic carbocycles. The maximum atomic E-state index is 12.4. The fourth-order valence-corrected chi connectivity index (χ4v) is 1.84. The first-order chi connectivity index (χ1) is 8.09. The van der Waals surface area contributed by atoms with Crippen LogP contribution in [0.4, 0.5) is 18.9 Å². The average molecular weight is 282 g/mol. The van der Waals surface area contributed by atoms with Crippen LogP contribution < -0.4 is 10.5 Å². The zero-order valence-electron chi connectivity index (χ0n) is 9.58. The van der Waals surface area contributed by atoms with E-state index in [9.17, 15) is 21.6 Å². The van der Waals surface area contributed by atoms with Gasteiger partial charge in [0.05, 0.1) is 11.8 Å². The number of hydrogen-bond acceptors (Lipinski definition) is 3. The maximum absolute atomic E-state index is 12.4. The molecule has 0 aliphatic rings. The molecular weight excluding hydrogens is 269 g/mol. The molecule has 1 aromatic rings. The molecule has 8 heteroatoms. The van der Waals surface area contributed by atoms with Crippen LogP contribution in [0.2, 0.25) is 0 Å². The highest BCUT2D eigenvalue weighted by atomic mass is 32.2. The highest BCUT2D eigenvalue weighted by Crippen LogP contribution is 2.31. The summed E-state index contributed by atoms with van der Waals surface area (Å²) >= 11 is 0. The summed E-state index contributed by atoms with van der Waals surface area (Å²) in [6.07, 6.45) is -3.20. The molecule has 0 radical (unpaired) electrons. The molecule has 0 saturated heterocycles. The number of alkyl halides is 3. The second-order valence-electron chi connectivity index (χ2n) is 3.83. The highest BCUT2D eigenvalue weighted by molar-refractivity contribution is 7.88. The van der Waals surface area contributed by atoms with Gasteiger partial charge in [-0.05, 0) is 24.1 Å². The number of sulfonamides is 1. The van der Waals surface area contributed by atoms with E-state index in [-0.39, 0.29) is 18.7 Å². The smallest absolute Gasteiger partial charge is 0.398 e. The van der Waals surface area contributed by atoms with Crippen molar-refractivity contribution in [3.63, 3.8) is 0 Å². The van der Waals surface area contributed by atoms with Crippen LogP contribution in [-0.4, -0.2) is 21.2 Å². The minimum Gasteiger partial charge on any atom is -0.398 e. The van der Waals surface area contributed by atoms with Gasteiger partial charge in [0.1, 0.15) is 0 Å². The van der Waals surface area contributed by atoms with Gasteiger partial charge in [-0.2, -0.15) is 13.2 Å². The molecule has 1 rings (SSSR count). The molecule has 18 heavy (non-hydrogen) atoms. The van der Waals surface area contributed by atoms with Crippen molar-refractivity contribution in [3.05, 3.63) is 29.3 Å². The van der Waals surface area contributed by atoms with Crippen LogP contribution in [0, 0.1) is 0 Å². The second-order valence-corrected chi connectivity index (χ2v) is 5.66. The van der Waals surface area contributed by atoms with Crippen molar-refractivity contribution in [3.8, 4) is 0 Å². The molecule has 0 aromatic heterocycles. The lowest BCUT2D eigenvalue weighted by Gasteiger charge is -2.10. The van der Waals surface area contributed by atoms with E-state index in [1.807, 2.05) is 0 Å². The van der Waals surface area contributed by atoms with Crippen molar-refractivity contribution in [1.82, 2.24) is 4.72 Å². The van der Waals surface area contributed by atoms with E-state index in [0.29, 0.717) is 5.56 Å². The van der Waals surface area contributed by atoms with Crippen molar-refractivity contribution < 1.29 is 21.6 Å². The van der Waals surface area contributed by atoms with Gasteiger partial charge in [0.25, 0.3) is 0 Å². The molecule has 0 saturated carbocycles. The molecule has 0 bridgehead atoms. The van der Waals surface area contributed by atoms with Gasteiger partial charge in [-0.1, -0.05) is 6.07 Å². The fourth-order valence-electron chi connectivity index (χ4n) is 1.37. The number of rotatable bonds is 4. The summed E-state index contributed by atoms with van der Waals surface area (Å²) in [6, 6.07) is 3.02. The summed E-state index contributed by atoms with van der Waals surface area (Å²) < 4.78 is 60.9. The van der Waals surface area contributed by atoms with E-state index < -0.39 is 21.8 Å². The molecule has 4 nitrogen and oxygen atoms in total. The zero-order chi connectivity index (χ0) is 14.0. The van der Waals surface area contributed by atoms with Crippen LogP contribution in [-0.2, 0) is 22.6 Å². The number of hydrogen-bond donors (Lipinski definition) is 2. The van der Waals surface area contributed by atoms with Gasteiger partial charge in [0.15, 0.2) is 0 Å². The average Bonchev–Trinajstić information content (AvgIpc) is 2.17. The number of nitrogen functional groups attached to an aromatic ring is 1. The van der Waals surface area contributed by atoms with Gasteiger partial charge in [-0.15, -0.1) is 0 Å². The van der Waals surface area contributed by atoms with Gasteiger partial charge >= 0.3 is 6.18 Å². The Balaban J connectivity index is 2.75. The topological polar surface area (TPSA) is 72.2 Å². The third-order valence-electron chi connectivity index (χ3n) is 2.23. The maximum Gasteiger partial charge on any atom is 0.416 e. The Morgan fingerprint density at radius 1 is 1.33 bits per heavy atom. The lowest BCUT2D eigenvalue weighted by Crippen LogP contribution is -2.24. The molecule has 102 valence electrons. The van der Waals surface area contributed by atoms with E-state index in [1.54, 1.807) is 0 Å². The molecule has 0 fully saturated rings. The summed E-state index contributed by atoms with van der Waals surface area (Å²) in [5, 5.41) is 0. The second kappa shape index (κ2) is 5.15. The van der Waals surface area contributed by atoms with E-state index in [1.165, 1.54) is 6.07 Å². The van der Waals surface area contributed by atoms with Crippen LogP contribution in [0.3, 0.4) is 0 Å². The molecule has 0 heterocycles. The molecule has 0 aliphatic carbocycles. The van der Waals surface area contributed by atoms with E-state index in [2.05, 4.69) is 4.72 Å². The summed E-state index contributed by atoms with van der Waals surface area (Å²) in [7, 11) is -3.31. The van der Waals surface area contributed by atoms with Crippen molar-refractivity contribution >= 4 is 15.7 Å². The first kappa shape index (κ1) is 14.8. The first-order valence-corrected chi connectivity index (χ1v) is 6.89. The van der Waals surface area contributed by atoms with Crippen molar-refractivity contribution in [2.24, 2.45) is 0 Å². The quantitative estimate of drug-likeness (QED) is 0.819. The Morgan fingerprint density at radius 3 is 2.39 bits per heavy atom. The molecule has 0 atom stereocenters. The minimum atomic E-state index is -4.43. The molecular formula is C10H13F3N2O2S. The highest BCUT2D eigenvalue weighted by Gasteiger charge is 2.30. The Kier molecular flexibility index (Phi) is 4.23. The number of benzene rings is 1. The summed E-state index contributed by atoms with van der Waals surface area (Å²) in [5.41, 5.74) is 5.14. The molecule has 0 unspecified atom stereocenters. The molecule has 0 spiro atoms. The lowest BCUT2D eigenvalue weighted by atomic mass is 10.1. The van der Waals surface area contributed by atoms with Crippen molar-refractivity contribution in [1.29, 1.82) is 0 Å². The van der Waals surface area contributed by atoms with Crippen LogP contribution in [0.15, 0.2) is 18.2 Å². The van der Waals surface area contributed by atoms with Crippen LogP contribution in [0.25, 0.3) is 0 Å². The van der Waals surface area contributed by atoms with Crippen LogP contribution >= 0.6 is 0 Å². The SMILES string of the molecule is CS(=O)(=O)NCCc1ccc(C(F)(F)F)cc1N. The molecule has 0 amide bonds. The van der Waals surface area contributed by atoms with Crippen LogP contribution in [0.1, 0.15) is 11.1 Å². The van der Waals surface area contributed by atoms with Crippen LogP contribution in [0.5, 0.6) is 0 Å². The van der Waals surface area contributed by atoms with E-state index in [4.69, 9.17) is 5.73 Å². The lowest BCUT2D eigenvalue weighted by molar-refractivity contribution is -0.137. The normalized spacial score (nSPS) is 12.7. The largest absolute Gasteiger partial charge is 0.416 e. The summed E-state index contributed by atoms with van der Waals surface area (Å²) in [4.78, 5) is 0. The molecule has 3 N–H and O–H groups in total. The van der Waals surface area contributed by atoms with E-state index in [0.717, 1.165) is 18.4 Å². The van der Waals surface area contributed by atoms with Crippen molar-refractivity contribution in [2.75, 3.05) is 18.5 Å². The predicted octanol–water partition coefficient (Wildman–Crippen LogP) is 1.38. The standard InChI is InChI=1S/C10H13F3N2O2S/c1-18(16,17)15-5-4-7-2-3-8(6-9(7)14)10(11,12)13/h2-3,6,15H,4-5,14H2,1H3. The van der Waals surface area contributed by atoms with Gasteiger partial charge in [-0.25, -0.2) is 13.1 Å². The Labute approximate surface area is 103 Å². The van der Waals surface area contributed by atoms with Gasteiger partial charge in [0, 0.05) is 12.2 Å². The number of anilines is 1. The first-order valence-electron chi connectivity index (χ1n) is 5.00. The van der Waals surface area contributed by atoms with E-state index >= 15 is 0 Å². The summed E-state index contributed by atoms with van der Waals surface area (Å²) in [5.74, 6) is 0. The number of nitrogens with one attached hydrogen (secondary N) is 1. The third kappa shape index (κ3) is 4.53. The predicted molar refractivity (Wildman–Crippen MR) is 62.4 cm³/mol. The monoisotopic (exact) mass is 282 g/mol. The van der Waals surface area contributed by atoms with Gasteiger partial charge in [-0.3, -0.25) is 0 Å². The Morgan fingerprint density at radius 2 is 1.94 bits per heavy atom.